The Kier molecular flexibility index (Phi) is 6.36. The number of fused-ring (bicyclic) bond motifs is 1. The number of aromatic nitrogens is 2. The molecule has 1 aromatic heterocycles. The predicted octanol–water partition coefficient (Wildman–Crippen LogP) is 4.74. The van der Waals surface area contributed by atoms with E-state index in [1.54, 1.807) is 11.7 Å². The van der Waals surface area contributed by atoms with Gasteiger partial charge in [-0.05, 0) is 68.5 Å². The van der Waals surface area contributed by atoms with Crippen molar-refractivity contribution in [3.8, 4) is 17.2 Å². The Morgan fingerprint density at radius 2 is 1.79 bits per heavy atom. The van der Waals surface area contributed by atoms with E-state index in [2.05, 4.69) is 11.8 Å². The van der Waals surface area contributed by atoms with Gasteiger partial charge in [-0.2, -0.15) is 0 Å². The van der Waals surface area contributed by atoms with Crippen LogP contribution in [-0.2, 0) is 6.42 Å². The van der Waals surface area contributed by atoms with Crippen molar-refractivity contribution in [2.45, 2.75) is 64.0 Å². The molecule has 0 N–H and O–H groups in total. The second-order valence-corrected chi connectivity index (χ2v) is 9.20. The average Bonchev–Trinajstić information content (AvgIpc) is 2.80. The number of ether oxygens (including phenoxy) is 2. The number of rotatable bonds is 7. The minimum Gasteiger partial charge on any atom is -0.496 e. The lowest BCUT2D eigenvalue weighted by Gasteiger charge is -2.41. The van der Waals surface area contributed by atoms with Crippen molar-refractivity contribution in [2.24, 2.45) is 0 Å². The normalized spacial score (nSPS) is 17.8. The fourth-order valence-electron chi connectivity index (χ4n) is 5.05. The van der Waals surface area contributed by atoms with Crippen LogP contribution in [-0.4, -0.2) is 46.8 Å². The third kappa shape index (κ3) is 4.36. The number of benzene rings is 2. The van der Waals surface area contributed by atoms with Crippen LogP contribution in [0.2, 0.25) is 0 Å². The molecule has 2 heterocycles. The van der Waals surface area contributed by atoms with Gasteiger partial charge in [-0.15, -0.1) is 0 Å². The first kappa shape index (κ1) is 22.0. The van der Waals surface area contributed by atoms with E-state index >= 15 is 0 Å². The number of piperidine rings is 1. The lowest BCUT2D eigenvalue weighted by Crippen LogP contribution is -2.46. The zero-order valence-corrected chi connectivity index (χ0v) is 19.6. The SMILES string of the molecule is CCCc1nc2cccc(OC)c2c(=O)n1-c1ccc(OC2CCN(C3CCC3)CC2)cc1. The lowest BCUT2D eigenvalue weighted by molar-refractivity contribution is 0.0493. The fraction of sp³-hybridized carbons (Fsp3) is 0.481. The Bertz CT molecular complexity index is 1160. The van der Waals surface area contributed by atoms with Gasteiger partial charge in [0, 0.05) is 25.6 Å². The first-order chi connectivity index (χ1) is 16.2. The van der Waals surface area contributed by atoms with Crippen molar-refractivity contribution < 1.29 is 9.47 Å². The molecule has 5 rings (SSSR count). The van der Waals surface area contributed by atoms with Gasteiger partial charge in [0.05, 0.1) is 18.3 Å². The molecule has 6 heteroatoms. The van der Waals surface area contributed by atoms with Crippen LogP contribution in [0.1, 0.15) is 51.3 Å². The third-order valence-electron chi connectivity index (χ3n) is 7.09. The van der Waals surface area contributed by atoms with Gasteiger partial charge in [-0.25, -0.2) is 4.98 Å². The molecular weight excluding hydrogens is 414 g/mol. The second-order valence-electron chi connectivity index (χ2n) is 9.20. The van der Waals surface area contributed by atoms with Crippen LogP contribution in [0, 0.1) is 0 Å². The summed E-state index contributed by atoms with van der Waals surface area (Å²) in [6.07, 6.45) is 8.15. The zero-order valence-electron chi connectivity index (χ0n) is 19.6. The minimum absolute atomic E-state index is 0.0991. The number of methoxy groups -OCH3 is 1. The number of hydrogen-bond acceptors (Lipinski definition) is 5. The molecule has 2 aromatic carbocycles. The summed E-state index contributed by atoms with van der Waals surface area (Å²) in [6, 6.07) is 14.2. The molecule has 1 saturated carbocycles. The fourth-order valence-corrected chi connectivity index (χ4v) is 5.05. The van der Waals surface area contributed by atoms with Crippen molar-refractivity contribution >= 4 is 10.9 Å². The summed E-state index contributed by atoms with van der Waals surface area (Å²) in [6.45, 7) is 4.36. The van der Waals surface area contributed by atoms with Gasteiger partial charge in [-0.3, -0.25) is 9.36 Å². The molecule has 33 heavy (non-hydrogen) atoms. The van der Waals surface area contributed by atoms with Crippen LogP contribution in [0.5, 0.6) is 11.5 Å². The largest absolute Gasteiger partial charge is 0.496 e. The molecule has 6 nitrogen and oxygen atoms in total. The molecule has 0 atom stereocenters. The summed E-state index contributed by atoms with van der Waals surface area (Å²) in [5.41, 5.74) is 1.38. The van der Waals surface area contributed by atoms with Crippen molar-refractivity contribution in [3.63, 3.8) is 0 Å². The van der Waals surface area contributed by atoms with E-state index in [0.29, 0.717) is 16.7 Å². The number of hydrogen-bond donors (Lipinski definition) is 0. The standard InChI is InChI=1S/C27H33N3O3/c1-3-6-25-28-23-9-5-10-24(32-2)26(23)27(31)30(25)20-11-13-21(14-12-20)33-22-15-17-29(18-16-22)19-7-4-8-19/h5,9-14,19,22H,3-4,6-8,15-18H2,1-2H3. The molecule has 2 aliphatic rings. The maximum atomic E-state index is 13.5. The summed E-state index contributed by atoms with van der Waals surface area (Å²) in [5, 5.41) is 0.512. The highest BCUT2D eigenvalue weighted by Crippen LogP contribution is 2.29. The van der Waals surface area contributed by atoms with E-state index in [9.17, 15) is 4.79 Å². The van der Waals surface area contributed by atoms with Gasteiger partial charge in [0.25, 0.3) is 5.56 Å². The summed E-state index contributed by atoms with van der Waals surface area (Å²) < 4.78 is 13.5. The second kappa shape index (κ2) is 9.56. The van der Waals surface area contributed by atoms with E-state index in [4.69, 9.17) is 14.5 Å². The highest BCUT2D eigenvalue weighted by molar-refractivity contribution is 5.84. The third-order valence-corrected chi connectivity index (χ3v) is 7.09. The van der Waals surface area contributed by atoms with E-state index < -0.39 is 0 Å². The summed E-state index contributed by atoms with van der Waals surface area (Å²) in [4.78, 5) is 21.0. The summed E-state index contributed by atoms with van der Waals surface area (Å²) >= 11 is 0. The van der Waals surface area contributed by atoms with Crippen LogP contribution in [0.4, 0.5) is 0 Å². The molecule has 1 saturated heterocycles. The highest BCUT2D eigenvalue weighted by atomic mass is 16.5. The molecule has 0 bridgehead atoms. The summed E-state index contributed by atoms with van der Waals surface area (Å²) in [7, 11) is 1.58. The van der Waals surface area contributed by atoms with Crippen molar-refractivity contribution in [1.29, 1.82) is 0 Å². The molecule has 1 aliphatic heterocycles. The highest BCUT2D eigenvalue weighted by Gasteiger charge is 2.29. The Morgan fingerprint density at radius 3 is 2.42 bits per heavy atom. The van der Waals surface area contributed by atoms with E-state index in [0.717, 1.165) is 62.1 Å². The van der Waals surface area contributed by atoms with Crippen LogP contribution in [0.3, 0.4) is 0 Å². The van der Waals surface area contributed by atoms with E-state index in [1.807, 2.05) is 42.5 Å². The molecule has 0 radical (unpaired) electrons. The zero-order chi connectivity index (χ0) is 22.8. The molecule has 1 aliphatic carbocycles. The van der Waals surface area contributed by atoms with Crippen LogP contribution >= 0.6 is 0 Å². The van der Waals surface area contributed by atoms with E-state index in [-0.39, 0.29) is 11.7 Å². The topological polar surface area (TPSA) is 56.6 Å². The number of likely N-dealkylation sites (tertiary alicyclic amines) is 1. The van der Waals surface area contributed by atoms with E-state index in [1.165, 1.54) is 19.3 Å². The monoisotopic (exact) mass is 447 g/mol. The Balaban J connectivity index is 1.38. The molecule has 2 fully saturated rings. The predicted molar refractivity (Wildman–Crippen MR) is 131 cm³/mol. The van der Waals surface area contributed by atoms with Crippen molar-refractivity contribution in [3.05, 3.63) is 58.6 Å². The summed E-state index contributed by atoms with van der Waals surface area (Å²) in [5.74, 6) is 2.17. The molecule has 174 valence electrons. The first-order valence-corrected chi connectivity index (χ1v) is 12.3. The van der Waals surface area contributed by atoms with Crippen molar-refractivity contribution in [1.82, 2.24) is 14.5 Å². The van der Waals surface area contributed by atoms with Crippen LogP contribution in [0.25, 0.3) is 16.6 Å². The Hall–Kier alpha value is -2.86. The van der Waals surface area contributed by atoms with Crippen LogP contribution in [0.15, 0.2) is 47.3 Å². The van der Waals surface area contributed by atoms with Crippen molar-refractivity contribution in [2.75, 3.05) is 20.2 Å². The Morgan fingerprint density at radius 1 is 1.03 bits per heavy atom. The smallest absolute Gasteiger partial charge is 0.269 e. The maximum Gasteiger partial charge on any atom is 0.269 e. The van der Waals surface area contributed by atoms with Crippen LogP contribution < -0.4 is 15.0 Å². The quantitative estimate of drug-likeness (QED) is 0.524. The lowest BCUT2D eigenvalue weighted by atomic mass is 9.90. The van der Waals surface area contributed by atoms with Gasteiger partial charge < -0.3 is 14.4 Å². The molecule has 0 unspecified atom stereocenters. The minimum atomic E-state index is -0.0991. The number of aryl methyl sites for hydroxylation is 1. The molecule has 0 amide bonds. The molecule has 3 aromatic rings. The van der Waals surface area contributed by atoms with Gasteiger partial charge in [-0.1, -0.05) is 19.4 Å². The van der Waals surface area contributed by atoms with Gasteiger partial charge in [0.2, 0.25) is 0 Å². The van der Waals surface area contributed by atoms with Gasteiger partial charge in [0.15, 0.2) is 0 Å². The number of nitrogens with zero attached hydrogens (tertiary/aromatic N) is 3. The van der Waals surface area contributed by atoms with Gasteiger partial charge >= 0.3 is 0 Å². The Labute approximate surface area is 195 Å². The average molecular weight is 448 g/mol. The first-order valence-electron chi connectivity index (χ1n) is 12.3. The molecule has 0 spiro atoms. The van der Waals surface area contributed by atoms with Gasteiger partial charge in [0.1, 0.15) is 28.8 Å². The molecular formula is C27H33N3O3. The maximum absolute atomic E-state index is 13.5.